The van der Waals surface area contributed by atoms with Gasteiger partial charge in [0.15, 0.2) is 4.60 Å². The zero-order chi connectivity index (χ0) is 15.6. The van der Waals surface area contributed by atoms with Gasteiger partial charge in [0, 0.05) is 7.05 Å². The van der Waals surface area contributed by atoms with Crippen molar-refractivity contribution >= 4 is 15.9 Å². The average molecular weight is 369 g/mol. The van der Waals surface area contributed by atoms with E-state index in [1.165, 1.54) is 0 Å². The van der Waals surface area contributed by atoms with Gasteiger partial charge in [0.25, 0.3) is 0 Å². The Kier molecular flexibility index (Phi) is 5.29. The molecule has 0 saturated heterocycles. The highest BCUT2D eigenvalue weighted by atomic mass is 79.9. The molecule has 21 heavy (non-hydrogen) atoms. The monoisotopic (exact) mass is 368 g/mol. The standard InChI is InChI=1S/C13H20BrF3N4/c1-3-18-10(11-12(14)19-20-21(11)2)8-4-6-9(7-5-8)13(15,16)17/h8-10,18H,3-7H2,1-2H3. The molecule has 1 atom stereocenters. The normalized spacial score (nSPS) is 25.0. The van der Waals surface area contributed by atoms with Gasteiger partial charge in [0.2, 0.25) is 0 Å². The number of aryl methyl sites for hydroxylation is 1. The minimum absolute atomic E-state index is 0.0152. The second kappa shape index (κ2) is 6.64. The van der Waals surface area contributed by atoms with Crippen molar-refractivity contribution in [3.05, 3.63) is 10.3 Å². The lowest BCUT2D eigenvalue weighted by Crippen LogP contribution is -2.35. The van der Waals surface area contributed by atoms with Gasteiger partial charge in [-0.1, -0.05) is 12.1 Å². The van der Waals surface area contributed by atoms with Crippen LogP contribution in [0.3, 0.4) is 0 Å². The second-order valence-corrected chi connectivity index (χ2v) is 6.33. The molecule has 1 heterocycles. The minimum Gasteiger partial charge on any atom is -0.309 e. The maximum atomic E-state index is 12.8. The Bertz CT molecular complexity index is 447. The highest BCUT2D eigenvalue weighted by Gasteiger charge is 2.43. The van der Waals surface area contributed by atoms with Crippen LogP contribution in [0, 0.1) is 11.8 Å². The molecule has 1 fully saturated rings. The Morgan fingerprint density at radius 3 is 2.38 bits per heavy atom. The molecule has 0 radical (unpaired) electrons. The van der Waals surface area contributed by atoms with E-state index in [0.717, 1.165) is 12.2 Å². The van der Waals surface area contributed by atoms with Gasteiger partial charge in [-0.15, -0.1) is 5.10 Å². The Labute approximate surface area is 130 Å². The van der Waals surface area contributed by atoms with Crippen LogP contribution in [0.4, 0.5) is 13.2 Å². The van der Waals surface area contributed by atoms with Crippen molar-refractivity contribution in [2.75, 3.05) is 6.54 Å². The summed E-state index contributed by atoms with van der Waals surface area (Å²) in [6, 6.07) is -0.0152. The number of hydrogen-bond donors (Lipinski definition) is 1. The molecular formula is C13H20BrF3N4. The number of aromatic nitrogens is 3. The SMILES string of the molecule is CCNC(c1c(Br)nnn1C)C1CCC(C(F)(F)F)CC1. The lowest BCUT2D eigenvalue weighted by Gasteiger charge is -2.35. The van der Waals surface area contributed by atoms with E-state index in [1.807, 2.05) is 6.92 Å². The molecule has 1 aliphatic carbocycles. The van der Waals surface area contributed by atoms with Crippen molar-refractivity contribution in [3.8, 4) is 0 Å². The predicted octanol–water partition coefficient (Wildman–Crippen LogP) is 3.60. The smallest absolute Gasteiger partial charge is 0.309 e. The number of nitrogens with one attached hydrogen (secondary N) is 1. The summed E-state index contributed by atoms with van der Waals surface area (Å²) < 4.78 is 40.7. The van der Waals surface area contributed by atoms with Crippen LogP contribution in [0.25, 0.3) is 0 Å². The summed E-state index contributed by atoms with van der Waals surface area (Å²) in [5.41, 5.74) is 0.910. The topological polar surface area (TPSA) is 42.7 Å². The maximum absolute atomic E-state index is 12.8. The van der Waals surface area contributed by atoms with Crippen LogP contribution >= 0.6 is 15.9 Å². The van der Waals surface area contributed by atoms with Crippen LogP contribution in [0.1, 0.15) is 44.3 Å². The van der Waals surface area contributed by atoms with Crippen molar-refractivity contribution in [3.63, 3.8) is 0 Å². The van der Waals surface area contributed by atoms with Crippen molar-refractivity contribution in [1.29, 1.82) is 0 Å². The first-order chi connectivity index (χ1) is 9.84. The molecule has 1 aromatic rings. The van der Waals surface area contributed by atoms with Crippen molar-refractivity contribution in [1.82, 2.24) is 20.3 Å². The third-order valence-corrected chi connectivity index (χ3v) is 4.82. The predicted molar refractivity (Wildman–Crippen MR) is 76.6 cm³/mol. The molecule has 4 nitrogen and oxygen atoms in total. The number of nitrogens with zero attached hydrogens (tertiary/aromatic N) is 3. The molecule has 0 aliphatic heterocycles. The van der Waals surface area contributed by atoms with Crippen LogP contribution in [-0.2, 0) is 7.05 Å². The summed E-state index contributed by atoms with van der Waals surface area (Å²) in [4.78, 5) is 0. The fourth-order valence-corrected chi connectivity index (χ4v) is 3.73. The lowest BCUT2D eigenvalue weighted by atomic mass is 9.77. The van der Waals surface area contributed by atoms with Crippen molar-refractivity contribution in [2.45, 2.75) is 44.8 Å². The van der Waals surface area contributed by atoms with Gasteiger partial charge in [-0.2, -0.15) is 13.2 Å². The quantitative estimate of drug-likeness (QED) is 0.882. The van der Waals surface area contributed by atoms with E-state index >= 15 is 0 Å². The number of hydrogen-bond acceptors (Lipinski definition) is 3. The molecule has 8 heteroatoms. The lowest BCUT2D eigenvalue weighted by molar-refractivity contribution is -0.184. The molecule has 1 unspecified atom stereocenters. The van der Waals surface area contributed by atoms with Gasteiger partial charge in [-0.25, -0.2) is 4.68 Å². The van der Waals surface area contributed by atoms with Gasteiger partial charge < -0.3 is 5.32 Å². The number of rotatable bonds is 4. The van der Waals surface area contributed by atoms with Crippen LogP contribution in [-0.4, -0.2) is 27.7 Å². The van der Waals surface area contributed by atoms with Gasteiger partial charge in [-0.3, -0.25) is 0 Å². The van der Waals surface area contributed by atoms with Gasteiger partial charge in [-0.05, 0) is 54.1 Å². The van der Waals surface area contributed by atoms with Gasteiger partial charge >= 0.3 is 6.18 Å². The van der Waals surface area contributed by atoms with E-state index in [4.69, 9.17) is 0 Å². The Balaban J connectivity index is 2.11. The summed E-state index contributed by atoms with van der Waals surface area (Å²) in [5.74, 6) is -0.971. The molecule has 0 amide bonds. The first-order valence-electron chi connectivity index (χ1n) is 7.19. The fourth-order valence-electron chi connectivity index (χ4n) is 3.16. The Morgan fingerprint density at radius 1 is 1.33 bits per heavy atom. The van der Waals surface area contributed by atoms with Crippen LogP contribution in [0.2, 0.25) is 0 Å². The molecule has 2 rings (SSSR count). The highest BCUT2D eigenvalue weighted by molar-refractivity contribution is 9.10. The van der Waals surface area contributed by atoms with Crippen LogP contribution < -0.4 is 5.32 Å². The van der Waals surface area contributed by atoms with Crippen molar-refractivity contribution in [2.24, 2.45) is 18.9 Å². The molecule has 0 aromatic carbocycles. The summed E-state index contributed by atoms with van der Waals surface area (Å²) in [6.07, 6.45) is -2.51. The minimum atomic E-state index is -4.06. The Hall–Kier alpha value is -0.630. The molecule has 0 spiro atoms. The zero-order valence-electron chi connectivity index (χ0n) is 12.1. The first kappa shape index (κ1) is 16.7. The maximum Gasteiger partial charge on any atom is 0.391 e. The molecule has 1 N–H and O–H groups in total. The molecule has 1 aromatic heterocycles. The zero-order valence-corrected chi connectivity index (χ0v) is 13.7. The molecule has 1 aliphatic rings. The summed E-state index contributed by atoms with van der Waals surface area (Å²) >= 11 is 3.38. The Morgan fingerprint density at radius 2 is 1.95 bits per heavy atom. The van der Waals surface area contributed by atoms with E-state index in [-0.39, 0.29) is 24.8 Å². The fraction of sp³-hybridized carbons (Fsp3) is 0.846. The first-order valence-corrected chi connectivity index (χ1v) is 7.99. The summed E-state index contributed by atoms with van der Waals surface area (Å²) in [6.45, 7) is 2.74. The second-order valence-electron chi connectivity index (χ2n) is 5.58. The molecular weight excluding hydrogens is 349 g/mol. The van der Waals surface area contributed by atoms with Crippen LogP contribution in [0.15, 0.2) is 4.60 Å². The molecule has 120 valence electrons. The summed E-state index contributed by atoms with van der Waals surface area (Å²) in [5, 5.41) is 11.3. The van der Waals surface area contributed by atoms with Gasteiger partial charge in [0.05, 0.1) is 17.7 Å². The average Bonchev–Trinajstić information content (AvgIpc) is 2.75. The highest BCUT2D eigenvalue weighted by Crippen LogP contribution is 2.43. The summed E-state index contributed by atoms with van der Waals surface area (Å²) in [7, 11) is 1.80. The third kappa shape index (κ3) is 3.77. The van der Waals surface area contributed by atoms with Crippen molar-refractivity contribution < 1.29 is 13.2 Å². The van der Waals surface area contributed by atoms with E-state index in [9.17, 15) is 13.2 Å². The molecule has 1 saturated carbocycles. The largest absolute Gasteiger partial charge is 0.391 e. The van der Waals surface area contributed by atoms with E-state index < -0.39 is 12.1 Å². The van der Waals surface area contributed by atoms with Gasteiger partial charge in [0.1, 0.15) is 0 Å². The van der Waals surface area contributed by atoms with Crippen LogP contribution in [0.5, 0.6) is 0 Å². The third-order valence-electron chi connectivity index (χ3n) is 4.25. The van der Waals surface area contributed by atoms with E-state index in [2.05, 4.69) is 31.6 Å². The van der Waals surface area contributed by atoms with E-state index in [1.54, 1.807) is 11.7 Å². The van der Waals surface area contributed by atoms with E-state index in [0.29, 0.717) is 17.4 Å². The molecule has 0 bridgehead atoms. The number of alkyl halides is 3. The number of halogens is 4.